The third-order valence-corrected chi connectivity index (χ3v) is 6.57. The molecule has 116 valence electrons. The number of rotatable bonds is 5. The number of hydrogen-bond acceptors (Lipinski definition) is 5. The second-order valence-electron chi connectivity index (χ2n) is 4.88. The molecule has 0 aromatic carbocycles. The Kier molecular flexibility index (Phi) is 4.40. The van der Waals surface area contributed by atoms with Crippen LogP contribution in [-0.2, 0) is 16.6 Å². The van der Waals surface area contributed by atoms with Crippen molar-refractivity contribution in [3.05, 3.63) is 28.1 Å². The predicted molar refractivity (Wildman–Crippen MR) is 84.7 cm³/mol. The fraction of sp³-hybridized carbons (Fsp3) is 0.462. The Morgan fingerprint density at radius 2 is 2.14 bits per heavy atom. The van der Waals surface area contributed by atoms with Crippen LogP contribution in [0, 0.1) is 6.92 Å². The number of aryl methyl sites for hydroxylation is 2. The lowest BCUT2D eigenvalue weighted by Gasteiger charge is -2.22. The number of anilines is 1. The van der Waals surface area contributed by atoms with Crippen molar-refractivity contribution in [3.8, 4) is 0 Å². The van der Waals surface area contributed by atoms with Crippen molar-refractivity contribution >= 4 is 27.2 Å². The molecule has 0 bridgehead atoms. The Morgan fingerprint density at radius 1 is 1.48 bits per heavy atom. The molecule has 2 aromatic rings. The van der Waals surface area contributed by atoms with Crippen LogP contribution in [-0.4, -0.2) is 29.6 Å². The van der Waals surface area contributed by atoms with Gasteiger partial charge in [-0.2, -0.15) is 9.40 Å². The van der Waals surface area contributed by atoms with Crippen molar-refractivity contribution in [2.24, 2.45) is 0 Å². The number of aromatic nitrogens is 2. The monoisotopic (exact) mass is 328 g/mol. The summed E-state index contributed by atoms with van der Waals surface area (Å²) < 4.78 is 28.3. The number of nitrogens with zero attached hydrogens (tertiary/aromatic N) is 3. The van der Waals surface area contributed by atoms with Gasteiger partial charge < -0.3 is 5.73 Å². The van der Waals surface area contributed by atoms with E-state index in [0.29, 0.717) is 6.54 Å². The molecule has 0 saturated heterocycles. The topological polar surface area (TPSA) is 81.2 Å². The summed E-state index contributed by atoms with van der Waals surface area (Å²) in [6, 6.07) is 3.69. The maximum absolute atomic E-state index is 12.7. The summed E-state index contributed by atoms with van der Waals surface area (Å²) >= 11 is 1.59. The van der Waals surface area contributed by atoms with Crippen molar-refractivity contribution < 1.29 is 8.42 Å². The largest absolute Gasteiger partial charge is 0.381 e. The predicted octanol–water partition coefficient (Wildman–Crippen LogP) is 2.24. The van der Waals surface area contributed by atoms with Crippen molar-refractivity contribution in [1.29, 1.82) is 0 Å². The lowest BCUT2D eigenvalue weighted by atomic mass is 10.3. The first-order chi connectivity index (χ1) is 9.77. The van der Waals surface area contributed by atoms with Crippen LogP contribution < -0.4 is 5.73 Å². The zero-order chi connectivity index (χ0) is 15.8. The molecule has 0 fully saturated rings. The number of nitrogen functional groups attached to an aromatic ring is 1. The number of sulfonamides is 1. The number of hydrogen-bond donors (Lipinski definition) is 1. The standard InChI is InChI=1S/C13H20N4O2S2/c1-5-17-8-12(13(14)15-17)21(18,19)16(4)10(3)11-7-6-9(2)20-11/h6-8,10H,5H2,1-4H3,(H2,14,15). The van der Waals surface area contributed by atoms with E-state index in [0.717, 1.165) is 9.75 Å². The van der Waals surface area contributed by atoms with Crippen LogP contribution in [0.15, 0.2) is 23.2 Å². The minimum atomic E-state index is -3.67. The Bertz CT molecular complexity index is 733. The minimum Gasteiger partial charge on any atom is -0.381 e. The van der Waals surface area contributed by atoms with Gasteiger partial charge in [-0.1, -0.05) is 0 Å². The average molecular weight is 328 g/mol. The van der Waals surface area contributed by atoms with Crippen LogP contribution in [0.2, 0.25) is 0 Å². The molecule has 0 aliphatic rings. The first kappa shape index (κ1) is 16.0. The number of thiophene rings is 1. The van der Waals surface area contributed by atoms with E-state index in [-0.39, 0.29) is 16.8 Å². The van der Waals surface area contributed by atoms with Gasteiger partial charge in [0.2, 0.25) is 10.0 Å². The third-order valence-electron chi connectivity index (χ3n) is 3.45. The van der Waals surface area contributed by atoms with Crippen molar-refractivity contribution in [2.45, 2.75) is 38.3 Å². The molecule has 6 nitrogen and oxygen atoms in total. The van der Waals surface area contributed by atoms with Gasteiger partial charge >= 0.3 is 0 Å². The van der Waals surface area contributed by atoms with E-state index >= 15 is 0 Å². The second kappa shape index (κ2) is 5.78. The van der Waals surface area contributed by atoms with E-state index in [4.69, 9.17) is 5.73 Å². The van der Waals surface area contributed by atoms with Gasteiger partial charge in [-0.3, -0.25) is 4.68 Å². The SMILES string of the molecule is CCn1cc(S(=O)(=O)N(C)C(C)c2ccc(C)s2)c(N)n1. The van der Waals surface area contributed by atoms with E-state index in [9.17, 15) is 8.42 Å². The highest BCUT2D eigenvalue weighted by molar-refractivity contribution is 7.89. The minimum absolute atomic E-state index is 0.0401. The highest BCUT2D eigenvalue weighted by Gasteiger charge is 2.30. The van der Waals surface area contributed by atoms with Gasteiger partial charge in [-0.05, 0) is 32.9 Å². The van der Waals surface area contributed by atoms with Gasteiger partial charge in [0.25, 0.3) is 0 Å². The fourth-order valence-corrected chi connectivity index (χ4v) is 4.44. The molecule has 0 radical (unpaired) electrons. The van der Waals surface area contributed by atoms with E-state index in [1.165, 1.54) is 15.2 Å². The van der Waals surface area contributed by atoms with Crippen LogP contribution in [0.25, 0.3) is 0 Å². The first-order valence-electron chi connectivity index (χ1n) is 6.64. The summed E-state index contributed by atoms with van der Waals surface area (Å²) in [5.74, 6) is 0.0401. The molecule has 0 aliphatic carbocycles. The fourth-order valence-electron chi connectivity index (χ4n) is 2.00. The molecular weight excluding hydrogens is 308 g/mol. The lowest BCUT2D eigenvalue weighted by Crippen LogP contribution is -2.29. The van der Waals surface area contributed by atoms with E-state index < -0.39 is 10.0 Å². The lowest BCUT2D eigenvalue weighted by molar-refractivity contribution is 0.403. The second-order valence-corrected chi connectivity index (χ2v) is 8.17. The summed E-state index contributed by atoms with van der Waals surface area (Å²) in [4.78, 5) is 2.22. The van der Waals surface area contributed by atoms with Gasteiger partial charge in [0.15, 0.2) is 5.82 Å². The molecule has 1 unspecified atom stereocenters. The molecule has 0 saturated carbocycles. The zero-order valence-corrected chi connectivity index (χ0v) is 14.2. The van der Waals surface area contributed by atoms with Crippen LogP contribution in [0.3, 0.4) is 0 Å². The normalized spacial score (nSPS) is 13.8. The van der Waals surface area contributed by atoms with Crippen LogP contribution in [0.1, 0.15) is 29.6 Å². The molecule has 2 rings (SSSR count). The highest BCUT2D eigenvalue weighted by atomic mass is 32.2. The molecular formula is C13H20N4O2S2. The molecule has 8 heteroatoms. The maximum atomic E-state index is 12.7. The molecule has 0 amide bonds. The van der Waals surface area contributed by atoms with Gasteiger partial charge in [0.1, 0.15) is 4.90 Å². The van der Waals surface area contributed by atoms with E-state index in [1.807, 2.05) is 32.9 Å². The quantitative estimate of drug-likeness (QED) is 0.912. The summed E-state index contributed by atoms with van der Waals surface area (Å²) in [6.07, 6.45) is 1.48. The molecule has 21 heavy (non-hydrogen) atoms. The van der Waals surface area contributed by atoms with Crippen LogP contribution in [0.5, 0.6) is 0 Å². The van der Waals surface area contributed by atoms with E-state index in [1.54, 1.807) is 18.4 Å². The molecule has 0 aliphatic heterocycles. The summed E-state index contributed by atoms with van der Waals surface area (Å²) in [7, 11) is -2.10. The Labute approximate surface area is 129 Å². The Morgan fingerprint density at radius 3 is 2.62 bits per heavy atom. The summed E-state index contributed by atoms with van der Waals surface area (Å²) in [5.41, 5.74) is 5.75. The van der Waals surface area contributed by atoms with Gasteiger partial charge in [-0.15, -0.1) is 11.3 Å². The smallest absolute Gasteiger partial charge is 0.248 e. The van der Waals surface area contributed by atoms with E-state index in [2.05, 4.69) is 5.10 Å². The average Bonchev–Trinajstić information content (AvgIpc) is 3.03. The molecule has 0 spiro atoms. The Balaban J connectivity index is 2.36. The number of nitrogens with two attached hydrogens (primary N) is 1. The maximum Gasteiger partial charge on any atom is 0.248 e. The third kappa shape index (κ3) is 2.97. The van der Waals surface area contributed by atoms with Crippen molar-refractivity contribution in [3.63, 3.8) is 0 Å². The van der Waals surface area contributed by atoms with Crippen molar-refractivity contribution in [1.82, 2.24) is 14.1 Å². The molecule has 2 aromatic heterocycles. The van der Waals surface area contributed by atoms with Crippen LogP contribution >= 0.6 is 11.3 Å². The summed E-state index contributed by atoms with van der Waals surface area (Å²) in [6.45, 7) is 6.31. The molecule has 1 atom stereocenters. The zero-order valence-electron chi connectivity index (χ0n) is 12.6. The van der Waals surface area contributed by atoms with Gasteiger partial charge in [-0.25, -0.2) is 8.42 Å². The molecule has 2 N–H and O–H groups in total. The molecule has 2 heterocycles. The van der Waals surface area contributed by atoms with Crippen LogP contribution in [0.4, 0.5) is 5.82 Å². The Hall–Kier alpha value is -1.38. The summed E-state index contributed by atoms with van der Waals surface area (Å²) in [5, 5.41) is 4.01. The highest BCUT2D eigenvalue weighted by Crippen LogP contribution is 2.31. The van der Waals surface area contributed by atoms with Gasteiger partial charge in [0.05, 0.1) is 6.04 Å². The van der Waals surface area contributed by atoms with Crippen molar-refractivity contribution in [2.75, 3.05) is 12.8 Å². The first-order valence-corrected chi connectivity index (χ1v) is 8.90. The van der Waals surface area contributed by atoms with Gasteiger partial charge in [0, 0.05) is 29.5 Å².